The highest BCUT2D eigenvalue weighted by Crippen LogP contribution is 2.26. The van der Waals surface area contributed by atoms with Crippen molar-refractivity contribution in [3.8, 4) is 0 Å². The van der Waals surface area contributed by atoms with Gasteiger partial charge in [0.05, 0.1) is 12.7 Å². The van der Waals surface area contributed by atoms with Crippen LogP contribution in [0.3, 0.4) is 0 Å². The molecule has 0 heterocycles. The highest BCUT2D eigenvalue weighted by atomic mass is 16.5. The van der Waals surface area contributed by atoms with Crippen molar-refractivity contribution in [1.29, 1.82) is 0 Å². The Hall–Kier alpha value is -2.12. The molecule has 1 nitrogen and oxygen atoms in total. The normalized spacial score (nSPS) is 12.4. The fourth-order valence-corrected chi connectivity index (χ4v) is 2.63. The maximum absolute atomic E-state index is 6.11. The number of ether oxygens (including phenoxy) is 1. The van der Waals surface area contributed by atoms with Crippen LogP contribution in [0, 0.1) is 0 Å². The first-order valence-electron chi connectivity index (χ1n) is 7.51. The summed E-state index contributed by atoms with van der Waals surface area (Å²) >= 11 is 0. The quantitative estimate of drug-likeness (QED) is 0.597. The minimum Gasteiger partial charge on any atom is -0.369 e. The monoisotopic (exact) mass is 276 g/mol. The Morgan fingerprint density at radius 1 is 0.810 bits per heavy atom. The van der Waals surface area contributed by atoms with Gasteiger partial charge < -0.3 is 4.74 Å². The molecular formula is C20H20O. The molecule has 3 aromatic rings. The Morgan fingerprint density at radius 3 is 2.29 bits per heavy atom. The molecule has 1 atom stereocenters. The average molecular weight is 276 g/mol. The second kappa shape index (κ2) is 6.55. The van der Waals surface area contributed by atoms with Crippen LogP contribution in [0.25, 0.3) is 10.8 Å². The summed E-state index contributed by atoms with van der Waals surface area (Å²) in [5.41, 5.74) is 2.48. The zero-order valence-electron chi connectivity index (χ0n) is 12.3. The van der Waals surface area contributed by atoms with Crippen molar-refractivity contribution in [2.24, 2.45) is 0 Å². The van der Waals surface area contributed by atoms with Crippen LogP contribution in [0.2, 0.25) is 0 Å². The molecule has 0 aliphatic carbocycles. The second-order valence-corrected chi connectivity index (χ2v) is 5.30. The van der Waals surface area contributed by atoms with Crippen LogP contribution >= 0.6 is 0 Å². The molecule has 0 fully saturated rings. The van der Waals surface area contributed by atoms with Crippen molar-refractivity contribution >= 4 is 10.8 Å². The Labute approximate surface area is 126 Å². The minimum absolute atomic E-state index is 0.148. The minimum atomic E-state index is 0.148. The second-order valence-electron chi connectivity index (χ2n) is 5.30. The lowest BCUT2D eigenvalue weighted by Crippen LogP contribution is -2.03. The first kappa shape index (κ1) is 13.8. The fourth-order valence-electron chi connectivity index (χ4n) is 2.63. The molecule has 0 spiro atoms. The van der Waals surface area contributed by atoms with Crippen molar-refractivity contribution in [3.63, 3.8) is 0 Å². The molecule has 106 valence electrons. The van der Waals surface area contributed by atoms with Crippen molar-refractivity contribution < 1.29 is 4.74 Å². The summed E-state index contributed by atoms with van der Waals surface area (Å²) in [6, 6.07) is 25.4. The predicted octanol–water partition coefficient (Wildman–Crippen LogP) is 5.51. The average Bonchev–Trinajstić information content (AvgIpc) is 2.56. The third-order valence-corrected chi connectivity index (χ3v) is 3.81. The zero-order valence-corrected chi connectivity index (χ0v) is 12.3. The lowest BCUT2D eigenvalue weighted by molar-refractivity contribution is 0.0372. The van der Waals surface area contributed by atoms with Crippen molar-refractivity contribution in [2.45, 2.75) is 26.1 Å². The Morgan fingerprint density at radius 2 is 1.52 bits per heavy atom. The number of rotatable bonds is 5. The van der Waals surface area contributed by atoms with E-state index in [9.17, 15) is 0 Å². The van der Waals surface area contributed by atoms with Crippen molar-refractivity contribution in [2.75, 3.05) is 0 Å². The summed E-state index contributed by atoms with van der Waals surface area (Å²) in [5, 5.41) is 2.55. The number of fused-ring (bicyclic) bond motifs is 1. The highest BCUT2D eigenvalue weighted by molar-refractivity contribution is 5.83. The van der Waals surface area contributed by atoms with E-state index in [0.29, 0.717) is 6.61 Å². The molecule has 0 bridgehead atoms. The molecule has 0 saturated carbocycles. The molecule has 0 unspecified atom stereocenters. The zero-order chi connectivity index (χ0) is 14.5. The standard InChI is InChI=1S/C20H20O/c1-2-20(21-15-16-8-4-3-5-9-16)19-13-12-17-10-6-7-11-18(17)14-19/h3-14,20H,2,15H2,1H3/t20-/m1/s1. The molecule has 0 saturated heterocycles. The van der Waals surface area contributed by atoms with Gasteiger partial charge in [-0.2, -0.15) is 0 Å². The summed E-state index contributed by atoms with van der Waals surface area (Å²) in [6.07, 6.45) is 1.13. The van der Waals surface area contributed by atoms with Gasteiger partial charge in [0.2, 0.25) is 0 Å². The molecule has 1 heteroatoms. The Kier molecular flexibility index (Phi) is 4.32. The third-order valence-electron chi connectivity index (χ3n) is 3.81. The van der Waals surface area contributed by atoms with Crippen molar-refractivity contribution in [1.82, 2.24) is 0 Å². The van der Waals surface area contributed by atoms with Crippen molar-refractivity contribution in [3.05, 3.63) is 83.9 Å². The molecule has 0 aliphatic heterocycles. The first-order chi connectivity index (χ1) is 10.4. The van der Waals surface area contributed by atoms with Crippen LogP contribution in [-0.4, -0.2) is 0 Å². The Bertz CT molecular complexity index is 703. The molecule has 21 heavy (non-hydrogen) atoms. The summed E-state index contributed by atoms with van der Waals surface area (Å²) < 4.78 is 6.11. The number of benzene rings is 3. The lowest BCUT2D eigenvalue weighted by atomic mass is 10.0. The maximum Gasteiger partial charge on any atom is 0.0827 e. The maximum atomic E-state index is 6.11. The van der Waals surface area contributed by atoms with E-state index in [1.165, 1.54) is 21.9 Å². The molecular weight excluding hydrogens is 256 g/mol. The van der Waals surface area contributed by atoms with Crippen LogP contribution in [0.4, 0.5) is 0 Å². The van der Waals surface area contributed by atoms with Crippen LogP contribution in [0.5, 0.6) is 0 Å². The van der Waals surface area contributed by atoms with Crippen LogP contribution in [0.1, 0.15) is 30.6 Å². The van der Waals surface area contributed by atoms with Gasteiger partial charge in [0.15, 0.2) is 0 Å². The van der Waals surface area contributed by atoms with E-state index in [1.54, 1.807) is 0 Å². The van der Waals surface area contributed by atoms with Crippen LogP contribution in [-0.2, 0) is 11.3 Å². The van der Waals surface area contributed by atoms with Gasteiger partial charge in [-0.25, -0.2) is 0 Å². The number of hydrogen-bond donors (Lipinski definition) is 0. The summed E-state index contributed by atoms with van der Waals surface area (Å²) in [5.74, 6) is 0. The number of hydrogen-bond acceptors (Lipinski definition) is 1. The molecule has 0 N–H and O–H groups in total. The molecule has 0 aliphatic rings. The topological polar surface area (TPSA) is 9.23 Å². The summed E-state index contributed by atoms with van der Waals surface area (Å²) in [6.45, 7) is 2.83. The summed E-state index contributed by atoms with van der Waals surface area (Å²) in [7, 11) is 0. The Balaban J connectivity index is 1.78. The van der Waals surface area contributed by atoms with Gasteiger partial charge in [0, 0.05) is 0 Å². The van der Waals surface area contributed by atoms with Gasteiger partial charge >= 0.3 is 0 Å². The van der Waals surface area contributed by atoms with E-state index in [0.717, 1.165) is 6.42 Å². The molecule has 0 aromatic heterocycles. The smallest absolute Gasteiger partial charge is 0.0827 e. The largest absolute Gasteiger partial charge is 0.369 e. The van der Waals surface area contributed by atoms with Crippen LogP contribution in [0.15, 0.2) is 72.8 Å². The van der Waals surface area contributed by atoms with E-state index in [-0.39, 0.29) is 6.10 Å². The van der Waals surface area contributed by atoms with E-state index in [2.05, 4.69) is 73.7 Å². The van der Waals surface area contributed by atoms with Gasteiger partial charge in [-0.1, -0.05) is 73.7 Å². The van der Waals surface area contributed by atoms with Gasteiger partial charge in [0.1, 0.15) is 0 Å². The van der Waals surface area contributed by atoms with Gasteiger partial charge in [-0.15, -0.1) is 0 Å². The van der Waals surface area contributed by atoms with E-state index in [4.69, 9.17) is 4.74 Å². The summed E-state index contributed by atoms with van der Waals surface area (Å²) in [4.78, 5) is 0. The molecule has 3 aromatic carbocycles. The lowest BCUT2D eigenvalue weighted by Gasteiger charge is -2.17. The highest BCUT2D eigenvalue weighted by Gasteiger charge is 2.10. The van der Waals surface area contributed by atoms with Crippen LogP contribution < -0.4 is 0 Å². The van der Waals surface area contributed by atoms with E-state index >= 15 is 0 Å². The molecule has 0 radical (unpaired) electrons. The van der Waals surface area contributed by atoms with E-state index < -0.39 is 0 Å². The van der Waals surface area contributed by atoms with Gasteiger partial charge in [-0.05, 0) is 34.4 Å². The fraction of sp³-hybridized carbons (Fsp3) is 0.200. The predicted molar refractivity (Wildman–Crippen MR) is 88.2 cm³/mol. The van der Waals surface area contributed by atoms with E-state index in [1.807, 2.05) is 6.07 Å². The first-order valence-corrected chi connectivity index (χ1v) is 7.51. The van der Waals surface area contributed by atoms with Gasteiger partial charge in [-0.3, -0.25) is 0 Å². The van der Waals surface area contributed by atoms with Gasteiger partial charge in [0.25, 0.3) is 0 Å². The molecule has 0 amide bonds. The molecule has 3 rings (SSSR count). The third kappa shape index (κ3) is 3.32. The SMILES string of the molecule is CC[C@@H](OCc1ccccc1)c1ccc2ccccc2c1.